The van der Waals surface area contributed by atoms with Gasteiger partial charge in [0.2, 0.25) is 11.9 Å². The number of aromatic nitrogens is 3. The summed E-state index contributed by atoms with van der Waals surface area (Å²) in [5.41, 5.74) is 2.03. The molecule has 0 bridgehead atoms. The minimum Gasteiger partial charge on any atom is -0.464 e. The van der Waals surface area contributed by atoms with E-state index in [2.05, 4.69) is 41.5 Å². The summed E-state index contributed by atoms with van der Waals surface area (Å²) in [6, 6.07) is 6.26. The van der Waals surface area contributed by atoms with E-state index in [1.165, 1.54) is 0 Å². The van der Waals surface area contributed by atoms with Gasteiger partial charge in [-0.15, -0.1) is 0 Å². The SMILES string of the molecule is CCNc1nc(Nc2ccc(Br)cc2C)nc(OCC)n1. The standard InChI is InChI=1S/C14H18BrN5O/c1-4-16-12-18-13(20-14(19-12)21-5-2)17-11-7-6-10(15)8-9(11)3/h6-8H,4-5H2,1-3H3,(H2,16,17,18,19,20). The molecule has 6 nitrogen and oxygen atoms in total. The summed E-state index contributed by atoms with van der Waals surface area (Å²) >= 11 is 3.45. The lowest BCUT2D eigenvalue weighted by Crippen LogP contribution is -2.09. The van der Waals surface area contributed by atoms with Crippen molar-refractivity contribution >= 4 is 33.5 Å². The third-order valence-electron chi connectivity index (χ3n) is 2.66. The Morgan fingerprint density at radius 1 is 1.14 bits per heavy atom. The van der Waals surface area contributed by atoms with Gasteiger partial charge in [-0.05, 0) is 44.5 Å². The summed E-state index contributed by atoms with van der Waals surface area (Å²) in [5, 5.41) is 6.26. The number of halogens is 1. The van der Waals surface area contributed by atoms with Gasteiger partial charge in [0.15, 0.2) is 0 Å². The van der Waals surface area contributed by atoms with E-state index in [9.17, 15) is 0 Å². The van der Waals surface area contributed by atoms with Crippen molar-refractivity contribution in [2.75, 3.05) is 23.8 Å². The average molecular weight is 352 g/mol. The second kappa shape index (κ2) is 7.21. The molecule has 2 rings (SSSR count). The second-order valence-corrected chi connectivity index (χ2v) is 5.23. The maximum absolute atomic E-state index is 5.37. The van der Waals surface area contributed by atoms with E-state index in [1.807, 2.05) is 39.0 Å². The Morgan fingerprint density at radius 3 is 2.57 bits per heavy atom. The van der Waals surface area contributed by atoms with Gasteiger partial charge in [0.1, 0.15) is 0 Å². The van der Waals surface area contributed by atoms with Crippen LogP contribution < -0.4 is 15.4 Å². The fourth-order valence-electron chi connectivity index (χ4n) is 1.73. The van der Waals surface area contributed by atoms with Gasteiger partial charge in [-0.25, -0.2) is 0 Å². The van der Waals surface area contributed by atoms with Crippen LogP contribution in [0.15, 0.2) is 22.7 Å². The molecule has 2 N–H and O–H groups in total. The van der Waals surface area contributed by atoms with E-state index in [4.69, 9.17) is 4.74 Å². The Morgan fingerprint density at radius 2 is 1.90 bits per heavy atom. The Bertz CT molecular complexity index is 596. The maximum atomic E-state index is 5.37. The van der Waals surface area contributed by atoms with E-state index in [0.717, 1.165) is 22.3 Å². The number of nitrogens with one attached hydrogen (secondary N) is 2. The summed E-state index contributed by atoms with van der Waals surface area (Å²) in [6.07, 6.45) is 0. The predicted molar refractivity (Wildman–Crippen MR) is 87.3 cm³/mol. The number of benzene rings is 1. The second-order valence-electron chi connectivity index (χ2n) is 4.31. The number of rotatable bonds is 6. The highest BCUT2D eigenvalue weighted by molar-refractivity contribution is 9.10. The zero-order valence-corrected chi connectivity index (χ0v) is 13.9. The molecule has 0 atom stereocenters. The van der Waals surface area contributed by atoms with Gasteiger partial charge in [0.05, 0.1) is 6.61 Å². The number of ether oxygens (including phenoxy) is 1. The van der Waals surface area contributed by atoms with Crippen molar-refractivity contribution in [1.29, 1.82) is 0 Å². The van der Waals surface area contributed by atoms with Crippen LogP contribution >= 0.6 is 15.9 Å². The van der Waals surface area contributed by atoms with Crippen LogP contribution in [0, 0.1) is 6.92 Å². The molecule has 112 valence electrons. The molecule has 21 heavy (non-hydrogen) atoms. The third-order valence-corrected chi connectivity index (χ3v) is 3.15. The van der Waals surface area contributed by atoms with E-state index in [-0.39, 0.29) is 0 Å². The Balaban J connectivity index is 2.29. The minimum atomic E-state index is 0.306. The van der Waals surface area contributed by atoms with Crippen LogP contribution in [0.25, 0.3) is 0 Å². The van der Waals surface area contributed by atoms with Gasteiger partial charge in [0, 0.05) is 16.7 Å². The highest BCUT2D eigenvalue weighted by Gasteiger charge is 2.08. The molecule has 0 unspecified atom stereocenters. The monoisotopic (exact) mass is 351 g/mol. The molecular weight excluding hydrogens is 334 g/mol. The van der Waals surface area contributed by atoms with E-state index < -0.39 is 0 Å². The molecule has 0 aliphatic carbocycles. The maximum Gasteiger partial charge on any atom is 0.323 e. The molecule has 0 radical (unpaired) electrons. The van der Waals surface area contributed by atoms with E-state index >= 15 is 0 Å². The zero-order valence-electron chi connectivity index (χ0n) is 12.3. The van der Waals surface area contributed by atoms with Gasteiger partial charge < -0.3 is 15.4 Å². The smallest absolute Gasteiger partial charge is 0.323 e. The molecule has 0 saturated carbocycles. The van der Waals surface area contributed by atoms with Crippen molar-refractivity contribution in [2.45, 2.75) is 20.8 Å². The van der Waals surface area contributed by atoms with Gasteiger partial charge in [-0.3, -0.25) is 0 Å². The van der Waals surface area contributed by atoms with Crippen LogP contribution in [0.3, 0.4) is 0 Å². The van der Waals surface area contributed by atoms with Crippen LogP contribution in [0.2, 0.25) is 0 Å². The summed E-state index contributed by atoms with van der Waals surface area (Å²) in [4.78, 5) is 12.8. The lowest BCUT2D eigenvalue weighted by molar-refractivity contribution is 0.312. The van der Waals surface area contributed by atoms with Crippen molar-refractivity contribution in [2.24, 2.45) is 0 Å². The molecular formula is C14H18BrN5O. The topological polar surface area (TPSA) is 72.0 Å². The highest BCUT2D eigenvalue weighted by Crippen LogP contribution is 2.23. The van der Waals surface area contributed by atoms with Crippen molar-refractivity contribution in [3.63, 3.8) is 0 Å². The predicted octanol–water partition coefficient (Wildman–Crippen LogP) is 3.52. The van der Waals surface area contributed by atoms with Gasteiger partial charge in [-0.2, -0.15) is 15.0 Å². The molecule has 0 saturated heterocycles. The number of anilines is 3. The molecule has 0 spiro atoms. The van der Waals surface area contributed by atoms with E-state index in [0.29, 0.717) is 24.5 Å². The minimum absolute atomic E-state index is 0.306. The fourth-order valence-corrected chi connectivity index (χ4v) is 2.21. The largest absolute Gasteiger partial charge is 0.464 e. The normalized spacial score (nSPS) is 10.3. The Hall–Kier alpha value is -1.89. The van der Waals surface area contributed by atoms with Gasteiger partial charge in [0.25, 0.3) is 0 Å². The first-order chi connectivity index (χ1) is 10.1. The molecule has 7 heteroatoms. The van der Waals surface area contributed by atoms with Crippen LogP contribution in [-0.4, -0.2) is 28.1 Å². The fraction of sp³-hybridized carbons (Fsp3) is 0.357. The summed E-state index contributed by atoms with van der Waals surface area (Å²) in [5.74, 6) is 0.947. The van der Waals surface area contributed by atoms with Crippen molar-refractivity contribution in [3.05, 3.63) is 28.2 Å². The van der Waals surface area contributed by atoms with Gasteiger partial charge in [-0.1, -0.05) is 15.9 Å². The first kappa shape index (κ1) is 15.5. The van der Waals surface area contributed by atoms with Crippen LogP contribution in [0.4, 0.5) is 17.6 Å². The van der Waals surface area contributed by atoms with E-state index in [1.54, 1.807) is 0 Å². The van der Waals surface area contributed by atoms with Crippen molar-refractivity contribution < 1.29 is 4.74 Å². The molecule has 0 amide bonds. The number of hydrogen-bond donors (Lipinski definition) is 2. The summed E-state index contributed by atoms with van der Waals surface area (Å²) in [6.45, 7) is 7.13. The van der Waals surface area contributed by atoms with Crippen molar-refractivity contribution in [3.8, 4) is 6.01 Å². The molecule has 0 fully saturated rings. The molecule has 1 aromatic carbocycles. The molecule has 0 aliphatic rings. The first-order valence-corrected chi connectivity index (χ1v) is 7.57. The quantitative estimate of drug-likeness (QED) is 0.829. The number of aryl methyl sites for hydroxylation is 1. The summed E-state index contributed by atoms with van der Waals surface area (Å²) < 4.78 is 6.40. The van der Waals surface area contributed by atoms with Crippen LogP contribution in [-0.2, 0) is 0 Å². The lowest BCUT2D eigenvalue weighted by atomic mass is 10.2. The number of hydrogen-bond acceptors (Lipinski definition) is 6. The molecule has 0 aliphatic heterocycles. The average Bonchev–Trinajstić information content (AvgIpc) is 2.42. The van der Waals surface area contributed by atoms with Crippen molar-refractivity contribution in [1.82, 2.24) is 15.0 Å². The highest BCUT2D eigenvalue weighted by atomic mass is 79.9. The first-order valence-electron chi connectivity index (χ1n) is 6.78. The number of nitrogens with zero attached hydrogens (tertiary/aromatic N) is 3. The van der Waals surface area contributed by atoms with Crippen LogP contribution in [0.1, 0.15) is 19.4 Å². The zero-order chi connectivity index (χ0) is 15.2. The summed E-state index contributed by atoms with van der Waals surface area (Å²) in [7, 11) is 0. The Kier molecular flexibility index (Phi) is 5.32. The van der Waals surface area contributed by atoms with Gasteiger partial charge >= 0.3 is 6.01 Å². The Labute approximate surface area is 132 Å². The third kappa shape index (κ3) is 4.29. The molecule has 1 aromatic heterocycles. The molecule has 2 aromatic rings. The lowest BCUT2D eigenvalue weighted by Gasteiger charge is -2.11. The molecule has 1 heterocycles. The van der Waals surface area contributed by atoms with Crippen LogP contribution in [0.5, 0.6) is 6.01 Å².